The first kappa shape index (κ1) is 14.8. The molecule has 3 heterocycles. The number of imidazole rings is 1. The Morgan fingerprint density at radius 1 is 1.43 bits per heavy atom. The van der Waals surface area contributed by atoms with E-state index in [-0.39, 0.29) is 6.54 Å². The molecule has 1 aromatic heterocycles. The third-order valence-electron chi connectivity index (χ3n) is 3.65. The number of hydrogen-bond acceptors (Lipinski definition) is 8. The number of aliphatic imine (C=N–C) groups is 1. The van der Waals surface area contributed by atoms with E-state index >= 15 is 0 Å². The number of aromatic nitrogens is 2. The lowest BCUT2D eigenvalue weighted by Crippen LogP contribution is -2.32. The molecule has 0 aliphatic carbocycles. The second kappa shape index (κ2) is 5.93. The van der Waals surface area contributed by atoms with E-state index in [1.165, 1.54) is 24.4 Å². The number of rotatable bonds is 3. The standard InChI is InChI=1S/C12H18N4O4S/c1-21-3-7-9(18)10(19)12(20-7)16-5-15-8-6(17)2-13-4-14-11(8)16/h4-7,9-10,12,17-19H,2-3H2,1H3,(H,13,14)/t6-,7-,9+,10?,12-/m1/s1. The molecule has 116 valence electrons. The van der Waals surface area contributed by atoms with E-state index in [1.807, 2.05) is 6.26 Å². The lowest BCUT2D eigenvalue weighted by molar-refractivity contribution is -0.0298. The van der Waals surface area contributed by atoms with Crippen molar-refractivity contribution in [1.82, 2.24) is 9.55 Å². The van der Waals surface area contributed by atoms with Gasteiger partial charge in [-0.3, -0.25) is 9.56 Å². The molecule has 4 N–H and O–H groups in total. The first-order valence-corrected chi connectivity index (χ1v) is 8.03. The van der Waals surface area contributed by atoms with Crippen LogP contribution in [0, 0.1) is 0 Å². The van der Waals surface area contributed by atoms with E-state index in [1.54, 1.807) is 4.57 Å². The monoisotopic (exact) mass is 314 g/mol. The number of nitrogens with one attached hydrogen (secondary N) is 1. The highest BCUT2D eigenvalue weighted by Crippen LogP contribution is 2.35. The van der Waals surface area contributed by atoms with Crippen LogP contribution in [-0.2, 0) is 4.74 Å². The van der Waals surface area contributed by atoms with Gasteiger partial charge in [-0.15, -0.1) is 0 Å². The van der Waals surface area contributed by atoms with E-state index < -0.39 is 30.6 Å². The number of hydrogen-bond donors (Lipinski definition) is 4. The minimum atomic E-state index is -1.06. The molecule has 2 aliphatic heterocycles. The van der Waals surface area contributed by atoms with Crippen molar-refractivity contribution in [1.29, 1.82) is 0 Å². The lowest BCUT2D eigenvalue weighted by atomic mass is 10.1. The largest absolute Gasteiger partial charge is 0.387 e. The zero-order valence-electron chi connectivity index (χ0n) is 11.5. The quantitative estimate of drug-likeness (QED) is 0.586. The molecule has 0 bridgehead atoms. The predicted molar refractivity (Wildman–Crippen MR) is 78.5 cm³/mol. The number of aliphatic hydroxyl groups excluding tert-OH is 3. The van der Waals surface area contributed by atoms with E-state index in [0.717, 1.165) is 0 Å². The van der Waals surface area contributed by atoms with Crippen molar-refractivity contribution < 1.29 is 20.1 Å². The summed E-state index contributed by atoms with van der Waals surface area (Å²) in [6.07, 6.45) is 0.865. The second-order valence-electron chi connectivity index (χ2n) is 5.04. The van der Waals surface area contributed by atoms with Crippen LogP contribution in [0.4, 0.5) is 5.82 Å². The fraction of sp³-hybridized carbons (Fsp3) is 0.667. The van der Waals surface area contributed by atoms with Crippen molar-refractivity contribution in [3.05, 3.63) is 12.0 Å². The Bertz CT molecular complexity index is 537. The predicted octanol–water partition coefficient (Wildman–Crippen LogP) is -0.648. The Morgan fingerprint density at radius 2 is 2.24 bits per heavy atom. The normalized spacial score (nSPS) is 35.3. The summed E-state index contributed by atoms with van der Waals surface area (Å²) in [4.78, 5) is 8.15. The van der Waals surface area contributed by atoms with Crippen molar-refractivity contribution >= 4 is 23.9 Å². The van der Waals surface area contributed by atoms with Gasteiger partial charge in [0.05, 0.1) is 25.3 Å². The van der Waals surface area contributed by atoms with Gasteiger partial charge in [0.1, 0.15) is 29.8 Å². The molecule has 2 aliphatic rings. The number of anilines is 1. The van der Waals surface area contributed by atoms with Crippen LogP contribution in [0.2, 0.25) is 0 Å². The molecule has 21 heavy (non-hydrogen) atoms. The topological polar surface area (TPSA) is 112 Å². The summed E-state index contributed by atoms with van der Waals surface area (Å²) in [7, 11) is 0. The molecule has 1 fully saturated rings. The van der Waals surface area contributed by atoms with Crippen LogP contribution < -0.4 is 5.32 Å². The summed E-state index contributed by atoms with van der Waals surface area (Å²) in [6, 6.07) is 0. The maximum absolute atomic E-state index is 10.2. The van der Waals surface area contributed by atoms with Crippen LogP contribution in [0.1, 0.15) is 18.0 Å². The molecule has 1 saturated heterocycles. The first-order valence-electron chi connectivity index (χ1n) is 6.63. The van der Waals surface area contributed by atoms with Gasteiger partial charge in [0, 0.05) is 5.75 Å². The molecule has 0 spiro atoms. The molecule has 0 amide bonds. The summed E-state index contributed by atoms with van der Waals surface area (Å²) in [5.74, 6) is 1.10. The molecule has 1 unspecified atom stereocenters. The van der Waals surface area contributed by atoms with Crippen LogP contribution >= 0.6 is 11.8 Å². The zero-order valence-corrected chi connectivity index (χ0v) is 12.3. The van der Waals surface area contributed by atoms with Gasteiger partial charge in [-0.1, -0.05) is 0 Å². The SMILES string of the molecule is CSC[C@H]1O[C@@H](n2cnc3c2NC=NC[C@H]3O)C(O)[C@H]1O. The molecule has 3 rings (SSSR count). The number of nitrogens with zero attached hydrogens (tertiary/aromatic N) is 3. The summed E-state index contributed by atoms with van der Waals surface area (Å²) < 4.78 is 7.34. The van der Waals surface area contributed by atoms with Gasteiger partial charge in [0.25, 0.3) is 0 Å². The third kappa shape index (κ3) is 2.55. The molecule has 1 aromatic rings. The van der Waals surface area contributed by atoms with E-state index in [9.17, 15) is 15.3 Å². The molecular weight excluding hydrogens is 296 g/mol. The summed E-state index contributed by atoms with van der Waals surface area (Å²) >= 11 is 1.54. The Hall–Kier alpha value is -1.13. The average molecular weight is 314 g/mol. The van der Waals surface area contributed by atoms with Crippen LogP contribution in [0.15, 0.2) is 11.3 Å². The molecule has 0 saturated carbocycles. The molecule has 9 heteroatoms. The van der Waals surface area contributed by atoms with Gasteiger partial charge in [0.15, 0.2) is 6.23 Å². The highest BCUT2D eigenvalue weighted by atomic mass is 32.2. The summed E-state index contributed by atoms with van der Waals surface area (Å²) in [5, 5.41) is 33.2. The van der Waals surface area contributed by atoms with E-state index in [2.05, 4.69) is 15.3 Å². The molecule has 0 radical (unpaired) electrons. The average Bonchev–Trinajstić information content (AvgIpc) is 2.94. The van der Waals surface area contributed by atoms with E-state index in [0.29, 0.717) is 17.3 Å². The van der Waals surface area contributed by atoms with Gasteiger partial charge in [-0.05, 0) is 6.26 Å². The summed E-state index contributed by atoms with van der Waals surface area (Å²) in [5.41, 5.74) is 0.450. The zero-order chi connectivity index (χ0) is 15.0. The van der Waals surface area contributed by atoms with Crippen LogP contribution in [0.25, 0.3) is 0 Å². The maximum Gasteiger partial charge on any atom is 0.165 e. The fourth-order valence-electron chi connectivity index (χ4n) is 2.57. The van der Waals surface area contributed by atoms with E-state index in [4.69, 9.17) is 4.74 Å². The van der Waals surface area contributed by atoms with Gasteiger partial charge in [-0.2, -0.15) is 11.8 Å². The Kier molecular flexibility index (Phi) is 4.18. The lowest BCUT2D eigenvalue weighted by Gasteiger charge is -2.19. The second-order valence-corrected chi connectivity index (χ2v) is 5.95. The molecular formula is C12H18N4O4S. The Morgan fingerprint density at radius 3 is 3.00 bits per heavy atom. The maximum atomic E-state index is 10.2. The highest BCUT2D eigenvalue weighted by Gasteiger charge is 2.44. The third-order valence-corrected chi connectivity index (χ3v) is 4.31. The van der Waals surface area contributed by atoms with Crippen molar-refractivity contribution in [2.24, 2.45) is 4.99 Å². The minimum absolute atomic E-state index is 0.225. The van der Waals surface area contributed by atoms with Crippen LogP contribution in [0.3, 0.4) is 0 Å². The number of ether oxygens (including phenoxy) is 1. The Balaban J connectivity index is 1.90. The van der Waals surface area contributed by atoms with Crippen molar-refractivity contribution in [2.45, 2.75) is 30.6 Å². The van der Waals surface area contributed by atoms with Crippen LogP contribution in [-0.4, -0.2) is 68.1 Å². The molecule has 0 aromatic carbocycles. The smallest absolute Gasteiger partial charge is 0.165 e. The minimum Gasteiger partial charge on any atom is -0.387 e. The van der Waals surface area contributed by atoms with Gasteiger partial charge in [-0.25, -0.2) is 4.98 Å². The fourth-order valence-corrected chi connectivity index (χ4v) is 3.17. The molecule has 8 nitrogen and oxygen atoms in total. The first-order chi connectivity index (χ1) is 10.1. The van der Waals surface area contributed by atoms with Crippen molar-refractivity contribution in [2.75, 3.05) is 23.9 Å². The van der Waals surface area contributed by atoms with Gasteiger partial charge < -0.3 is 25.4 Å². The number of fused-ring (bicyclic) bond motifs is 1. The highest BCUT2D eigenvalue weighted by molar-refractivity contribution is 7.98. The van der Waals surface area contributed by atoms with Gasteiger partial charge in [0.2, 0.25) is 0 Å². The Labute approximate surface area is 125 Å². The van der Waals surface area contributed by atoms with Gasteiger partial charge >= 0.3 is 0 Å². The van der Waals surface area contributed by atoms with Crippen molar-refractivity contribution in [3.8, 4) is 0 Å². The van der Waals surface area contributed by atoms with Crippen LogP contribution in [0.5, 0.6) is 0 Å². The molecule has 5 atom stereocenters. The summed E-state index contributed by atoms with van der Waals surface area (Å²) in [6.45, 7) is 0.225. The van der Waals surface area contributed by atoms with Crippen molar-refractivity contribution in [3.63, 3.8) is 0 Å². The number of thioether (sulfide) groups is 1. The number of aliphatic hydroxyl groups is 3.